The minimum absolute atomic E-state index is 0.190. The number of nitrogen functional groups attached to an aromatic ring is 1. The molecule has 1 aromatic heterocycles. The number of hydrogen-bond acceptors (Lipinski definition) is 8. The van der Waals surface area contributed by atoms with Gasteiger partial charge in [0.1, 0.15) is 5.69 Å². The number of carboxylic acids is 2. The molecule has 0 saturated carbocycles. The van der Waals surface area contributed by atoms with Gasteiger partial charge < -0.3 is 25.5 Å². The molecule has 11 heteroatoms. The van der Waals surface area contributed by atoms with Gasteiger partial charge in [-0.1, -0.05) is 23.2 Å². The summed E-state index contributed by atoms with van der Waals surface area (Å²) in [5.74, 6) is -2.14. The predicted molar refractivity (Wildman–Crippen MR) is 97.4 cm³/mol. The van der Waals surface area contributed by atoms with Crippen LogP contribution in [0.2, 0.25) is 0 Å². The van der Waals surface area contributed by atoms with Crippen LogP contribution in [0.3, 0.4) is 0 Å². The Bertz CT molecular complexity index is 825. The smallest absolute Gasteiger partial charge is 0.411 e. The summed E-state index contributed by atoms with van der Waals surface area (Å²) < 4.78 is 4.76. The van der Waals surface area contributed by atoms with Crippen molar-refractivity contribution in [2.75, 3.05) is 23.0 Å². The van der Waals surface area contributed by atoms with E-state index < -0.39 is 18.0 Å². The fourth-order valence-electron chi connectivity index (χ4n) is 1.67. The number of carboxylic acid groups (broad SMARTS) is 2. The summed E-state index contributed by atoms with van der Waals surface area (Å²) in [7, 11) is 0. The van der Waals surface area contributed by atoms with Gasteiger partial charge in [0.2, 0.25) is 5.82 Å². The highest BCUT2D eigenvalue weighted by Crippen LogP contribution is 2.16. The average molecular weight is 389 g/mol. The maximum absolute atomic E-state index is 11.3. The topological polar surface area (TPSA) is 181 Å². The van der Waals surface area contributed by atoms with Gasteiger partial charge in [0.25, 0.3) is 0 Å². The Hall–Kier alpha value is -4.15. The molecule has 0 atom stereocenters. The number of H-pyrrole nitrogens is 1. The van der Waals surface area contributed by atoms with Crippen molar-refractivity contribution in [2.45, 2.75) is 6.92 Å². The Balaban J connectivity index is 0.000000416. The molecule has 1 heterocycles. The number of nitrogens with two attached hydrogens (primary N) is 1. The number of para-hydroxylation sites is 1. The van der Waals surface area contributed by atoms with Crippen molar-refractivity contribution >= 4 is 41.2 Å². The SMILES string of the molecule is CCOC(=O)Nc1c[nH+]c(Nc2ccccc2)nc1N.O=C([O-])/C=C/C(=O)O. The van der Waals surface area contributed by atoms with Gasteiger partial charge in [-0.25, -0.2) is 19.9 Å². The number of benzene rings is 1. The van der Waals surface area contributed by atoms with Gasteiger partial charge >= 0.3 is 18.0 Å². The molecule has 148 valence electrons. The molecule has 0 spiro atoms. The summed E-state index contributed by atoms with van der Waals surface area (Å²) in [4.78, 5) is 37.3. The van der Waals surface area contributed by atoms with E-state index in [1.807, 2.05) is 30.3 Å². The lowest BCUT2D eigenvalue weighted by Crippen LogP contribution is -2.20. The van der Waals surface area contributed by atoms with E-state index in [2.05, 4.69) is 20.6 Å². The van der Waals surface area contributed by atoms with Crippen LogP contribution in [0.1, 0.15) is 6.92 Å². The molecule has 6 N–H and O–H groups in total. The number of hydrogen-bond donors (Lipinski definition) is 4. The Labute approximate surface area is 159 Å². The molecule has 0 radical (unpaired) electrons. The number of rotatable bonds is 6. The highest BCUT2D eigenvalue weighted by atomic mass is 16.5. The molecular weight excluding hydrogens is 370 g/mol. The van der Waals surface area contributed by atoms with Crippen LogP contribution in [0.5, 0.6) is 0 Å². The van der Waals surface area contributed by atoms with Crippen LogP contribution in [0.25, 0.3) is 0 Å². The predicted octanol–water partition coefficient (Wildman–Crippen LogP) is 0.167. The van der Waals surface area contributed by atoms with Gasteiger partial charge in [-0.3, -0.25) is 5.32 Å². The van der Waals surface area contributed by atoms with Crippen LogP contribution in [0.15, 0.2) is 48.7 Å². The first kappa shape index (κ1) is 21.9. The number of ether oxygens (including phenoxy) is 1. The van der Waals surface area contributed by atoms with Crippen LogP contribution >= 0.6 is 0 Å². The highest BCUT2D eigenvalue weighted by molar-refractivity contribution is 5.88. The fraction of sp³-hybridized carbons (Fsp3) is 0.118. The lowest BCUT2D eigenvalue weighted by molar-refractivity contribution is -0.363. The maximum Gasteiger partial charge on any atom is 0.411 e. The Morgan fingerprint density at radius 2 is 1.96 bits per heavy atom. The third-order valence-electron chi connectivity index (χ3n) is 2.77. The van der Waals surface area contributed by atoms with E-state index in [-0.39, 0.29) is 12.4 Å². The van der Waals surface area contributed by atoms with Crippen LogP contribution < -0.4 is 26.5 Å². The molecule has 0 aliphatic heterocycles. The monoisotopic (exact) mass is 389 g/mol. The van der Waals surface area contributed by atoms with Gasteiger partial charge in [0.05, 0.1) is 24.5 Å². The van der Waals surface area contributed by atoms with Crippen LogP contribution in [-0.2, 0) is 14.3 Å². The molecule has 1 amide bonds. The number of aliphatic carboxylic acids is 2. The van der Waals surface area contributed by atoms with E-state index in [4.69, 9.17) is 15.6 Å². The molecule has 28 heavy (non-hydrogen) atoms. The first-order chi connectivity index (χ1) is 13.3. The minimum Gasteiger partial charge on any atom is -0.545 e. The van der Waals surface area contributed by atoms with Crippen LogP contribution in [-0.4, -0.2) is 34.7 Å². The Kier molecular flexibility index (Phi) is 8.96. The third kappa shape index (κ3) is 8.80. The van der Waals surface area contributed by atoms with Gasteiger partial charge in [0, 0.05) is 6.08 Å². The first-order valence-electron chi connectivity index (χ1n) is 7.87. The molecule has 0 saturated heterocycles. The van der Waals surface area contributed by atoms with Crippen molar-refractivity contribution in [3.8, 4) is 0 Å². The molecule has 0 unspecified atom stereocenters. The molecule has 0 bridgehead atoms. The van der Waals surface area contributed by atoms with E-state index in [1.54, 1.807) is 13.1 Å². The maximum atomic E-state index is 11.3. The summed E-state index contributed by atoms with van der Waals surface area (Å²) >= 11 is 0. The minimum atomic E-state index is -1.51. The number of aromatic nitrogens is 2. The number of carbonyl (C=O) groups excluding carboxylic acids is 2. The summed E-state index contributed by atoms with van der Waals surface area (Å²) in [6.07, 6.45) is 1.92. The van der Waals surface area contributed by atoms with Gasteiger partial charge in [-0.15, -0.1) is 0 Å². The molecule has 2 aromatic rings. The lowest BCUT2D eigenvalue weighted by Gasteiger charge is -2.05. The fourth-order valence-corrected chi connectivity index (χ4v) is 1.67. The molecular formula is C17H19N5O6. The van der Waals surface area contributed by atoms with E-state index in [0.29, 0.717) is 23.8 Å². The van der Waals surface area contributed by atoms with E-state index >= 15 is 0 Å². The summed E-state index contributed by atoms with van der Waals surface area (Å²) in [5.41, 5.74) is 7.02. The quantitative estimate of drug-likeness (QED) is 0.500. The summed E-state index contributed by atoms with van der Waals surface area (Å²) in [6, 6.07) is 9.53. The second-order valence-corrected chi connectivity index (χ2v) is 4.88. The summed E-state index contributed by atoms with van der Waals surface area (Å²) in [6.45, 7) is 2.01. The van der Waals surface area contributed by atoms with Crippen LogP contribution in [0, 0.1) is 0 Å². The van der Waals surface area contributed by atoms with Crippen LogP contribution in [0.4, 0.5) is 27.9 Å². The third-order valence-corrected chi connectivity index (χ3v) is 2.77. The Morgan fingerprint density at radius 3 is 2.46 bits per heavy atom. The molecule has 1 aromatic carbocycles. The zero-order valence-electron chi connectivity index (χ0n) is 14.8. The number of anilines is 4. The second-order valence-electron chi connectivity index (χ2n) is 4.88. The number of aromatic amines is 1. The highest BCUT2D eigenvalue weighted by Gasteiger charge is 2.13. The average Bonchev–Trinajstić information content (AvgIpc) is 2.64. The zero-order chi connectivity index (χ0) is 20.9. The normalized spacial score (nSPS) is 9.75. The molecule has 2 rings (SSSR count). The van der Waals surface area contributed by atoms with Gasteiger partial charge in [0.15, 0.2) is 0 Å². The van der Waals surface area contributed by atoms with E-state index in [9.17, 15) is 19.5 Å². The standard InChI is InChI=1S/C13H15N5O2.C4H4O4/c1-2-20-13(19)17-10-8-15-12(18-11(10)14)16-9-6-4-3-5-7-9;5-3(6)1-2-4(7)8/h3-8H,2H2,1H3,(H,17,19)(H3,14,15,16,18);1-2H,(H,5,6)(H,7,8)/b;2-1+. The number of nitrogens with one attached hydrogen (secondary N) is 3. The number of amides is 1. The summed E-state index contributed by atoms with van der Waals surface area (Å²) in [5, 5.41) is 22.8. The van der Waals surface area contributed by atoms with Crippen molar-refractivity contribution in [3.05, 3.63) is 48.7 Å². The lowest BCUT2D eigenvalue weighted by atomic mass is 10.3. The first-order valence-corrected chi connectivity index (χ1v) is 7.87. The molecule has 11 nitrogen and oxygen atoms in total. The van der Waals surface area contributed by atoms with Crippen molar-refractivity contribution in [2.24, 2.45) is 0 Å². The van der Waals surface area contributed by atoms with Crippen molar-refractivity contribution in [1.29, 1.82) is 0 Å². The van der Waals surface area contributed by atoms with Gasteiger partial charge in [-0.2, -0.15) is 0 Å². The van der Waals surface area contributed by atoms with E-state index in [0.717, 1.165) is 5.69 Å². The number of nitrogens with zero attached hydrogens (tertiary/aromatic N) is 1. The van der Waals surface area contributed by atoms with Crippen molar-refractivity contribution in [3.63, 3.8) is 0 Å². The van der Waals surface area contributed by atoms with Crippen molar-refractivity contribution < 1.29 is 34.3 Å². The Morgan fingerprint density at radius 1 is 1.29 bits per heavy atom. The number of carbonyl (C=O) groups is 3. The molecule has 0 aliphatic carbocycles. The zero-order valence-corrected chi connectivity index (χ0v) is 14.8. The molecule has 0 fully saturated rings. The van der Waals surface area contributed by atoms with E-state index in [1.165, 1.54) is 0 Å². The van der Waals surface area contributed by atoms with Gasteiger partial charge in [-0.05, 0) is 25.1 Å². The second kappa shape index (κ2) is 11.5. The molecule has 0 aliphatic rings. The van der Waals surface area contributed by atoms with Crippen molar-refractivity contribution in [1.82, 2.24) is 4.98 Å². The largest absolute Gasteiger partial charge is 0.545 e.